The molecule has 0 aliphatic heterocycles. The third kappa shape index (κ3) is 1.84. The first-order valence-corrected chi connectivity index (χ1v) is 3.97. The molecule has 0 aromatic carbocycles. The zero-order valence-corrected chi connectivity index (χ0v) is 6.82. The molecule has 0 radical (unpaired) electrons. The minimum Gasteiger partial charge on any atom is -0.276 e. The van der Waals surface area contributed by atoms with E-state index in [9.17, 15) is 4.79 Å². The normalized spacial score (nSPS) is 25.8. The van der Waals surface area contributed by atoms with Gasteiger partial charge in [0.25, 0.3) is 0 Å². The van der Waals surface area contributed by atoms with Gasteiger partial charge in [-0.2, -0.15) is 0 Å². The van der Waals surface area contributed by atoms with Crippen LogP contribution in [0.3, 0.4) is 0 Å². The first kappa shape index (κ1) is 7.80. The largest absolute Gasteiger partial charge is 0.276 e. The molecule has 10 heavy (non-hydrogen) atoms. The first-order chi connectivity index (χ1) is 4.70. The highest BCUT2D eigenvalue weighted by atomic mass is 35.5. The number of carbonyl (C=O) groups is 1. The lowest BCUT2D eigenvalue weighted by atomic mass is 9.92. The van der Waals surface area contributed by atoms with Gasteiger partial charge in [-0.15, -0.1) is 0 Å². The van der Waals surface area contributed by atoms with E-state index in [0.29, 0.717) is 0 Å². The Hall–Kier alpha value is -0.300. The average molecular weight is 159 g/mol. The van der Waals surface area contributed by atoms with Gasteiger partial charge in [-0.05, 0) is 36.8 Å². The van der Waals surface area contributed by atoms with Crippen molar-refractivity contribution in [3.63, 3.8) is 0 Å². The van der Waals surface area contributed by atoms with Crippen molar-refractivity contribution in [2.75, 3.05) is 0 Å². The topological polar surface area (TPSA) is 17.1 Å². The zero-order chi connectivity index (χ0) is 7.56. The Labute approximate surface area is 66.1 Å². The molecule has 0 heterocycles. The molecule has 0 aromatic rings. The van der Waals surface area contributed by atoms with Gasteiger partial charge >= 0.3 is 0 Å². The Morgan fingerprint density at radius 1 is 1.80 bits per heavy atom. The van der Waals surface area contributed by atoms with Gasteiger partial charge in [-0.1, -0.05) is 13.0 Å². The van der Waals surface area contributed by atoms with Crippen molar-refractivity contribution in [3.8, 4) is 0 Å². The number of rotatable bonds is 1. The number of carbonyl (C=O) groups excluding carboxylic acids is 1. The molecule has 56 valence electrons. The first-order valence-electron chi connectivity index (χ1n) is 3.59. The molecule has 0 fully saturated rings. The molecule has 0 aromatic heterocycles. The summed E-state index contributed by atoms with van der Waals surface area (Å²) in [5.74, 6) is 0.722. The van der Waals surface area contributed by atoms with Crippen molar-refractivity contribution < 1.29 is 4.79 Å². The fourth-order valence-corrected chi connectivity index (χ4v) is 1.32. The average Bonchev–Trinajstić information content (AvgIpc) is 1.88. The maximum Gasteiger partial charge on any atom is 0.248 e. The Morgan fingerprint density at radius 3 is 2.90 bits per heavy atom. The maximum atomic E-state index is 10.6. The van der Waals surface area contributed by atoms with Gasteiger partial charge in [0.15, 0.2) is 0 Å². The van der Waals surface area contributed by atoms with E-state index in [-0.39, 0.29) is 5.24 Å². The molecule has 0 saturated carbocycles. The van der Waals surface area contributed by atoms with Crippen molar-refractivity contribution in [2.45, 2.75) is 26.2 Å². The second-order valence-corrected chi connectivity index (χ2v) is 3.23. The predicted molar refractivity (Wildman–Crippen MR) is 42.0 cm³/mol. The summed E-state index contributed by atoms with van der Waals surface area (Å²) in [6.45, 7) is 2.19. The van der Waals surface area contributed by atoms with Crippen molar-refractivity contribution >= 4 is 16.8 Å². The SMILES string of the molecule is CC1CC=C(C(=O)Cl)CC1. The molecule has 1 aliphatic rings. The summed E-state index contributed by atoms with van der Waals surface area (Å²) in [5.41, 5.74) is 0.805. The van der Waals surface area contributed by atoms with Crippen LogP contribution in [0.4, 0.5) is 0 Å². The third-order valence-electron chi connectivity index (χ3n) is 1.93. The van der Waals surface area contributed by atoms with Crippen molar-refractivity contribution in [3.05, 3.63) is 11.6 Å². The summed E-state index contributed by atoms with van der Waals surface area (Å²) in [6.07, 6.45) is 4.94. The molecule has 2 heteroatoms. The lowest BCUT2D eigenvalue weighted by molar-refractivity contribution is -0.108. The van der Waals surface area contributed by atoms with Gasteiger partial charge in [0.05, 0.1) is 0 Å². The fourth-order valence-electron chi connectivity index (χ4n) is 1.14. The highest BCUT2D eigenvalue weighted by Gasteiger charge is 2.13. The molecular formula is C8H11ClO. The van der Waals surface area contributed by atoms with E-state index >= 15 is 0 Å². The van der Waals surface area contributed by atoms with Crippen LogP contribution < -0.4 is 0 Å². The van der Waals surface area contributed by atoms with E-state index in [2.05, 4.69) is 6.92 Å². The molecule has 1 aliphatic carbocycles. The summed E-state index contributed by atoms with van der Waals surface area (Å²) in [5, 5.41) is -0.271. The smallest absolute Gasteiger partial charge is 0.248 e. The van der Waals surface area contributed by atoms with E-state index in [4.69, 9.17) is 11.6 Å². The summed E-state index contributed by atoms with van der Waals surface area (Å²) >= 11 is 5.30. The van der Waals surface area contributed by atoms with Gasteiger partial charge in [0, 0.05) is 5.57 Å². The molecule has 1 rings (SSSR count). The molecule has 0 spiro atoms. The number of allylic oxidation sites excluding steroid dienone is 2. The van der Waals surface area contributed by atoms with Crippen molar-refractivity contribution in [1.82, 2.24) is 0 Å². The monoisotopic (exact) mass is 158 g/mol. The minimum atomic E-state index is -0.271. The van der Waals surface area contributed by atoms with Gasteiger partial charge in [-0.3, -0.25) is 4.79 Å². The predicted octanol–water partition coefficient (Wildman–Crippen LogP) is 2.50. The number of halogens is 1. The lowest BCUT2D eigenvalue weighted by Gasteiger charge is -2.14. The zero-order valence-electron chi connectivity index (χ0n) is 6.06. The molecule has 1 nitrogen and oxygen atoms in total. The highest BCUT2D eigenvalue weighted by Crippen LogP contribution is 2.23. The standard InChI is InChI=1S/C8H11ClO/c1-6-2-4-7(5-3-6)8(9)10/h4,6H,2-3,5H2,1H3. The Morgan fingerprint density at radius 2 is 2.50 bits per heavy atom. The summed E-state index contributed by atoms with van der Waals surface area (Å²) < 4.78 is 0. The molecule has 1 atom stereocenters. The summed E-state index contributed by atoms with van der Waals surface area (Å²) in [4.78, 5) is 10.6. The number of hydrogen-bond donors (Lipinski definition) is 0. The fraction of sp³-hybridized carbons (Fsp3) is 0.625. The van der Waals surface area contributed by atoms with Crippen LogP contribution in [0.25, 0.3) is 0 Å². The Kier molecular flexibility index (Phi) is 2.50. The van der Waals surface area contributed by atoms with Crippen molar-refractivity contribution in [2.24, 2.45) is 5.92 Å². The Bertz CT molecular complexity index is 172. The number of hydrogen-bond acceptors (Lipinski definition) is 1. The van der Waals surface area contributed by atoms with E-state index in [1.807, 2.05) is 6.08 Å². The van der Waals surface area contributed by atoms with E-state index in [0.717, 1.165) is 30.8 Å². The minimum absolute atomic E-state index is 0.271. The quantitative estimate of drug-likeness (QED) is 0.536. The van der Waals surface area contributed by atoms with E-state index < -0.39 is 0 Å². The van der Waals surface area contributed by atoms with E-state index in [1.165, 1.54) is 0 Å². The Balaban J connectivity index is 2.56. The molecule has 0 N–H and O–H groups in total. The van der Waals surface area contributed by atoms with Crippen LogP contribution in [0.2, 0.25) is 0 Å². The second-order valence-electron chi connectivity index (χ2n) is 2.88. The van der Waals surface area contributed by atoms with Crippen LogP contribution in [0, 0.1) is 5.92 Å². The van der Waals surface area contributed by atoms with Crippen molar-refractivity contribution in [1.29, 1.82) is 0 Å². The van der Waals surface area contributed by atoms with Crippen LogP contribution in [0.5, 0.6) is 0 Å². The molecule has 0 saturated heterocycles. The van der Waals surface area contributed by atoms with Crippen LogP contribution in [-0.2, 0) is 4.79 Å². The molecule has 1 unspecified atom stereocenters. The van der Waals surface area contributed by atoms with Crippen LogP contribution in [-0.4, -0.2) is 5.24 Å². The summed E-state index contributed by atoms with van der Waals surface area (Å²) in [7, 11) is 0. The molecular weight excluding hydrogens is 148 g/mol. The molecule has 0 bridgehead atoms. The third-order valence-corrected chi connectivity index (χ3v) is 2.17. The maximum absolute atomic E-state index is 10.6. The lowest BCUT2D eigenvalue weighted by Crippen LogP contribution is -2.05. The summed E-state index contributed by atoms with van der Waals surface area (Å²) in [6, 6.07) is 0. The van der Waals surface area contributed by atoms with Gasteiger partial charge in [-0.25, -0.2) is 0 Å². The van der Waals surface area contributed by atoms with Crippen LogP contribution >= 0.6 is 11.6 Å². The van der Waals surface area contributed by atoms with Crippen LogP contribution in [0.1, 0.15) is 26.2 Å². The van der Waals surface area contributed by atoms with Crippen LogP contribution in [0.15, 0.2) is 11.6 Å². The van der Waals surface area contributed by atoms with E-state index in [1.54, 1.807) is 0 Å². The highest BCUT2D eigenvalue weighted by molar-refractivity contribution is 6.67. The van der Waals surface area contributed by atoms with Gasteiger partial charge in [0.2, 0.25) is 5.24 Å². The second kappa shape index (κ2) is 3.20. The van der Waals surface area contributed by atoms with Gasteiger partial charge < -0.3 is 0 Å². The molecule has 0 amide bonds. The van der Waals surface area contributed by atoms with Gasteiger partial charge in [0.1, 0.15) is 0 Å².